The molecule has 4 heteroatoms. The number of rotatable bonds is 7. The summed E-state index contributed by atoms with van der Waals surface area (Å²) in [5, 5.41) is 0. The van der Waals surface area contributed by atoms with Gasteiger partial charge >= 0.3 is 0 Å². The van der Waals surface area contributed by atoms with Crippen LogP contribution in [0.2, 0.25) is 0 Å². The smallest absolute Gasteiger partial charge is 0.123 e. The van der Waals surface area contributed by atoms with Gasteiger partial charge in [-0.15, -0.1) is 11.8 Å². The second kappa shape index (κ2) is 9.97. The number of piperidine rings is 1. The van der Waals surface area contributed by atoms with Crippen molar-refractivity contribution in [3.63, 3.8) is 0 Å². The van der Waals surface area contributed by atoms with Crippen LogP contribution in [0.3, 0.4) is 0 Å². The summed E-state index contributed by atoms with van der Waals surface area (Å²) in [5.74, 6) is 1.53. The molecule has 2 aromatic carbocycles. The Bertz CT molecular complexity index is 862. The van der Waals surface area contributed by atoms with Gasteiger partial charge in [-0.25, -0.2) is 0 Å². The minimum absolute atomic E-state index is 0.401. The van der Waals surface area contributed by atoms with Crippen molar-refractivity contribution in [1.29, 1.82) is 0 Å². The lowest BCUT2D eigenvalue weighted by atomic mass is 9.81. The predicted molar refractivity (Wildman–Crippen MR) is 130 cm³/mol. The molecule has 0 amide bonds. The third-order valence-corrected chi connectivity index (χ3v) is 8.17. The van der Waals surface area contributed by atoms with E-state index in [1.807, 2.05) is 11.8 Å². The van der Waals surface area contributed by atoms with Crippen LogP contribution in [0, 0.1) is 0 Å². The Labute approximate surface area is 192 Å². The molecule has 2 aromatic rings. The molecule has 5 rings (SSSR count). The molecule has 0 N–H and O–H groups in total. The zero-order valence-corrected chi connectivity index (χ0v) is 19.7. The standard InChI is InChI=1S/C27H36N2OS/c1-31-22-13-11-21(12-14-22)24-20-29-18-6-9-25(29)23-8-5-10-26(27(23)24)30-19-7-17-28-15-3-2-4-16-28/h5,8,10-14,24-25H,2-4,6-7,9,15-20H2,1H3/t24-,25?/m0/s1. The number of likely N-dealkylation sites (tertiary alicyclic amines) is 1. The first-order chi connectivity index (χ1) is 15.3. The van der Waals surface area contributed by atoms with Gasteiger partial charge in [0.25, 0.3) is 0 Å². The molecular weight excluding hydrogens is 400 g/mol. The number of thioether (sulfide) groups is 1. The summed E-state index contributed by atoms with van der Waals surface area (Å²) in [4.78, 5) is 6.65. The molecule has 1 unspecified atom stereocenters. The van der Waals surface area contributed by atoms with E-state index in [2.05, 4.69) is 58.5 Å². The molecule has 3 nitrogen and oxygen atoms in total. The summed E-state index contributed by atoms with van der Waals surface area (Å²) in [6, 6.07) is 16.6. The maximum Gasteiger partial charge on any atom is 0.123 e. The molecule has 0 aliphatic carbocycles. The van der Waals surface area contributed by atoms with Gasteiger partial charge in [0.05, 0.1) is 6.61 Å². The minimum atomic E-state index is 0.401. The van der Waals surface area contributed by atoms with Crippen molar-refractivity contribution in [3.8, 4) is 5.75 Å². The maximum absolute atomic E-state index is 6.49. The number of nitrogens with zero attached hydrogens (tertiary/aromatic N) is 2. The SMILES string of the molecule is CSc1ccc([C@@H]2CN3CCCC3c3cccc(OCCCN4CCCCC4)c32)cc1. The molecule has 0 aromatic heterocycles. The molecule has 2 fully saturated rings. The van der Waals surface area contributed by atoms with Crippen molar-refractivity contribution in [3.05, 3.63) is 59.2 Å². The van der Waals surface area contributed by atoms with Crippen molar-refractivity contribution in [2.75, 3.05) is 45.6 Å². The fourth-order valence-electron chi connectivity index (χ4n) is 5.83. The first-order valence-electron chi connectivity index (χ1n) is 12.2. The van der Waals surface area contributed by atoms with Crippen LogP contribution in [0.15, 0.2) is 47.4 Å². The molecule has 3 aliphatic rings. The molecule has 0 bridgehead atoms. The number of hydrogen-bond donors (Lipinski definition) is 0. The van der Waals surface area contributed by atoms with Gasteiger partial charge in [-0.05, 0) is 87.3 Å². The number of hydrogen-bond acceptors (Lipinski definition) is 4. The number of benzene rings is 2. The third kappa shape index (κ3) is 4.67. The summed E-state index contributed by atoms with van der Waals surface area (Å²) >= 11 is 1.81. The molecule has 0 spiro atoms. The first-order valence-corrected chi connectivity index (χ1v) is 13.4. The van der Waals surface area contributed by atoms with E-state index in [0.717, 1.165) is 25.3 Å². The summed E-state index contributed by atoms with van der Waals surface area (Å²) in [5.41, 5.74) is 4.39. The molecule has 31 heavy (non-hydrogen) atoms. The van der Waals surface area contributed by atoms with Crippen LogP contribution in [-0.2, 0) is 0 Å². The quantitative estimate of drug-likeness (QED) is 0.394. The van der Waals surface area contributed by atoms with Crippen LogP contribution in [0.25, 0.3) is 0 Å². The van der Waals surface area contributed by atoms with Crippen molar-refractivity contribution in [1.82, 2.24) is 9.80 Å². The Hall–Kier alpha value is -1.49. The van der Waals surface area contributed by atoms with E-state index in [4.69, 9.17) is 4.74 Å². The van der Waals surface area contributed by atoms with E-state index in [-0.39, 0.29) is 0 Å². The Morgan fingerprint density at radius 1 is 0.968 bits per heavy atom. The minimum Gasteiger partial charge on any atom is -0.493 e. The van der Waals surface area contributed by atoms with Crippen molar-refractivity contribution < 1.29 is 4.74 Å². The van der Waals surface area contributed by atoms with Gasteiger partial charge in [-0.3, -0.25) is 4.90 Å². The van der Waals surface area contributed by atoms with Gasteiger partial charge in [0.2, 0.25) is 0 Å². The molecule has 2 saturated heterocycles. The van der Waals surface area contributed by atoms with Crippen LogP contribution >= 0.6 is 11.8 Å². The highest BCUT2D eigenvalue weighted by Gasteiger charge is 2.38. The lowest BCUT2D eigenvalue weighted by Gasteiger charge is -2.38. The maximum atomic E-state index is 6.49. The third-order valence-electron chi connectivity index (χ3n) is 7.43. The Balaban J connectivity index is 1.36. The van der Waals surface area contributed by atoms with Gasteiger partial charge < -0.3 is 9.64 Å². The van der Waals surface area contributed by atoms with Gasteiger partial charge in [-0.1, -0.05) is 30.7 Å². The first kappa shape index (κ1) is 21.4. The molecule has 2 atom stereocenters. The number of fused-ring (bicyclic) bond motifs is 3. The molecular formula is C27H36N2OS. The molecule has 3 aliphatic heterocycles. The highest BCUT2D eigenvalue weighted by molar-refractivity contribution is 7.98. The van der Waals surface area contributed by atoms with Crippen molar-refractivity contribution in [2.24, 2.45) is 0 Å². The van der Waals surface area contributed by atoms with Gasteiger partial charge in [0.1, 0.15) is 5.75 Å². The average molecular weight is 437 g/mol. The average Bonchev–Trinajstić information content (AvgIpc) is 3.31. The summed E-state index contributed by atoms with van der Waals surface area (Å²) < 4.78 is 6.49. The van der Waals surface area contributed by atoms with E-state index in [0.29, 0.717) is 12.0 Å². The second-order valence-corrected chi connectivity index (χ2v) is 10.2. The summed E-state index contributed by atoms with van der Waals surface area (Å²) in [7, 11) is 0. The van der Waals surface area contributed by atoms with Gasteiger partial charge in [0, 0.05) is 35.5 Å². The fourth-order valence-corrected chi connectivity index (χ4v) is 6.24. The number of ether oxygens (including phenoxy) is 1. The van der Waals surface area contributed by atoms with E-state index >= 15 is 0 Å². The fraction of sp³-hybridized carbons (Fsp3) is 0.556. The van der Waals surface area contributed by atoms with Crippen LogP contribution < -0.4 is 4.74 Å². The lowest BCUT2D eigenvalue weighted by Crippen LogP contribution is -2.35. The summed E-state index contributed by atoms with van der Waals surface area (Å²) in [6.45, 7) is 6.87. The second-order valence-electron chi connectivity index (χ2n) is 9.34. The Morgan fingerprint density at radius 2 is 1.81 bits per heavy atom. The zero-order chi connectivity index (χ0) is 21.0. The van der Waals surface area contributed by atoms with E-state index in [9.17, 15) is 0 Å². The molecule has 0 radical (unpaired) electrons. The predicted octanol–water partition coefficient (Wildman–Crippen LogP) is 5.95. The van der Waals surface area contributed by atoms with E-state index < -0.39 is 0 Å². The van der Waals surface area contributed by atoms with Crippen LogP contribution in [0.1, 0.15) is 67.2 Å². The van der Waals surface area contributed by atoms with Gasteiger partial charge in [0.15, 0.2) is 0 Å². The van der Waals surface area contributed by atoms with E-state index in [1.165, 1.54) is 79.9 Å². The molecule has 0 saturated carbocycles. The van der Waals surface area contributed by atoms with Crippen LogP contribution in [0.5, 0.6) is 5.75 Å². The van der Waals surface area contributed by atoms with Crippen LogP contribution in [-0.4, -0.2) is 55.4 Å². The van der Waals surface area contributed by atoms with Crippen molar-refractivity contribution >= 4 is 11.8 Å². The van der Waals surface area contributed by atoms with Crippen LogP contribution in [0.4, 0.5) is 0 Å². The largest absolute Gasteiger partial charge is 0.493 e. The lowest BCUT2D eigenvalue weighted by molar-refractivity contribution is 0.200. The molecule has 3 heterocycles. The van der Waals surface area contributed by atoms with E-state index in [1.54, 1.807) is 0 Å². The Morgan fingerprint density at radius 3 is 2.61 bits per heavy atom. The highest BCUT2D eigenvalue weighted by atomic mass is 32.2. The normalized spacial score (nSPS) is 24.0. The van der Waals surface area contributed by atoms with Gasteiger partial charge in [-0.2, -0.15) is 0 Å². The molecule has 166 valence electrons. The summed E-state index contributed by atoms with van der Waals surface area (Å²) in [6.07, 6.45) is 9.99. The highest BCUT2D eigenvalue weighted by Crippen LogP contribution is 2.47. The Kier molecular flexibility index (Phi) is 6.87. The zero-order valence-electron chi connectivity index (χ0n) is 18.9. The van der Waals surface area contributed by atoms with Crippen molar-refractivity contribution in [2.45, 2.75) is 55.4 Å². The monoisotopic (exact) mass is 436 g/mol. The topological polar surface area (TPSA) is 15.7 Å².